The molecule has 0 radical (unpaired) electrons. The van der Waals surface area contributed by atoms with Crippen LogP contribution in [-0.2, 0) is 6.42 Å². The Bertz CT molecular complexity index is 546. The molecule has 0 saturated carbocycles. The maximum atomic E-state index is 11.8. The molecule has 16 heavy (non-hydrogen) atoms. The molecule has 2 aromatic rings. The van der Waals surface area contributed by atoms with E-state index in [9.17, 15) is 4.79 Å². The van der Waals surface area contributed by atoms with Crippen molar-refractivity contribution in [3.8, 4) is 5.69 Å². The van der Waals surface area contributed by atoms with Gasteiger partial charge in [-0.1, -0.05) is 18.5 Å². The van der Waals surface area contributed by atoms with E-state index in [1.807, 2.05) is 19.1 Å². The number of aromatic nitrogens is 2. The average molecular weight is 235 g/mol. The van der Waals surface area contributed by atoms with E-state index in [4.69, 9.17) is 11.6 Å². The summed E-state index contributed by atoms with van der Waals surface area (Å²) < 4.78 is 1.59. The first-order chi connectivity index (χ1) is 7.72. The maximum absolute atomic E-state index is 11.8. The topological polar surface area (TPSA) is 34.9 Å². The van der Waals surface area contributed by atoms with Gasteiger partial charge in [-0.25, -0.2) is 4.98 Å². The van der Waals surface area contributed by atoms with Gasteiger partial charge in [0.25, 0.3) is 5.56 Å². The van der Waals surface area contributed by atoms with Crippen molar-refractivity contribution in [3.05, 3.63) is 57.7 Å². The molecular formula is C12H11ClN2O. The van der Waals surface area contributed by atoms with Crippen LogP contribution in [0.1, 0.15) is 12.7 Å². The highest BCUT2D eigenvalue weighted by molar-refractivity contribution is 6.30. The minimum Gasteiger partial charge on any atom is -0.269 e. The fourth-order valence-corrected chi connectivity index (χ4v) is 1.69. The molecule has 0 aliphatic carbocycles. The molecular weight excluding hydrogens is 224 g/mol. The van der Waals surface area contributed by atoms with Crippen molar-refractivity contribution >= 4 is 11.6 Å². The number of hydrogen-bond acceptors (Lipinski definition) is 2. The Labute approximate surface area is 98.3 Å². The van der Waals surface area contributed by atoms with Gasteiger partial charge >= 0.3 is 0 Å². The summed E-state index contributed by atoms with van der Waals surface area (Å²) in [7, 11) is 0. The molecule has 0 bridgehead atoms. The van der Waals surface area contributed by atoms with Crippen LogP contribution in [0.25, 0.3) is 5.69 Å². The Hall–Kier alpha value is -1.61. The molecule has 3 nitrogen and oxygen atoms in total. The van der Waals surface area contributed by atoms with Crippen LogP contribution in [0.15, 0.2) is 41.3 Å². The molecule has 0 saturated heterocycles. The van der Waals surface area contributed by atoms with E-state index >= 15 is 0 Å². The molecule has 0 fully saturated rings. The fraction of sp³-hybridized carbons (Fsp3) is 0.167. The SMILES string of the molecule is CCc1nccc(=O)n1-c1ccc(Cl)cc1. The molecule has 0 aliphatic heterocycles. The predicted octanol–water partition coefficient (Wildman–Crippen LogP) is 2.45. The highest BCUT2D eigenvalue weighted by atomic mass is 35.5. The second-order valence-electron chi connectivity index (χ2n) is 3.36. The standard InChI is InChI=1S/C12H11ClN2O/c1-2-11-14-8-7-12(16)15(11)10-5-3-9(13)4-6-10/h3-8H,2H2,1H3. The molecule has 0 spiro atoms. The van der Waals surface area contributed by atoms with Crippen molar-refractivity contribution in [1.29, 1.82) is 0 Å². The molecule has 0 atom stereocenters. The van der Waals surface area contributed by atoms with E-state index in [-0.39, 0.29) is 5.56 Å². The minimum absolute atomic E-state index is 0.0748. The highest BCUT2D eigenvalue weighted by Crippen LogP contribution is 2.13. The second-order valence-corrected chi connectivity index (χ2v) is 3.80. The van der Waals surface area contributed by atoms with Gasteiger partial charge in [-0.05, 0) is 24.3 Å². The van der Waals surface area contributed by atoms with Crippen molar-refractivity contribution in [2.45, 2.75) is 13.3 Å². The third kappa shape index (κ3) is 1.99. The van der Waals surface area contributed by atoms with Crippen molar-refractivity contribution < 1.29 is 0 Å². The van der Waals surface area contributed by atoms with Gasteiger partial charge in [-0.3, -0.25) is 9.36 Å². The molecule has 2 rings (SSSR count). The Morgan fingerprint density at radius 2 is 1.94 bits per heavy atom. The summed E-state index contributed by atoms with van der Waals surface area (Å²) in [5.74, 6) is 0.745. The predicted molar refractivity (Wildman–Crippen MR) is 64.2 cm³/mol. The lowest BCUT2D eigenvalue weighted by Crippen LogP contribution is -2.21. The number of benzene rings is 1. The Balaban J connectivity index is 2.63. The van der Waals surface area contributed by atoms with Crippen LogP contribution >= 0.6 is 11.6 Å². The normalized spacial score (nSPS) is 10.4. The number of aryl methyl sites for hydroxylation is 1. The molecule has 0 amide bonds. The Kier molecular flexibility index (Phi) is 3.06. The second kappa shape index (κ2) is 4.49. The van der Waals surface area contributed by atoms with E-state index < -0.39 is 0 Å². The fourth-order valence-electron chi connectivity index (χ4n) is 1.56. The van der Waals surface area contributed by atoms with E-state index in [2.05, 4.69) is 4.98 Å². The first-order valence-corrected chi connectivity index (χ1v) is 5.43. The summed E-state index contributed by atoms with van der Waals surface area (Å²) in [5.41, 5.74) is 0.716. The van der Waals surface area contributed by atoms with E-state index in [0.717, 1.165) is 11.5 Å². The number of nitrogens with zero attached hydrogens (tertiary/aromatic N) is 2. The largest absolute Gasteiger partial charge is 0.269 e. The third-order valence-electron chi connectivity index (χ3n) is 2.32. The van der Waals surface area contributed by atoms with Crippen LogP contribution < -0.4 is 5.56 Å². The average Bonchev–Trinajstić information content (AvgIpc) is 2.30. The van der Waals surface area contributed by atoms with Crippen LogP contribution in [0.4, 0.5) is 0 Å². The number of hydrogen-bond donors (Lipinski definition) is 0. The lowest BCUT2D eigenvalue weighted by molar-refractivity contribution is 0.814. The van der Waals surface area contributed by atoms with Crippen LogP contribution in [0.5, 0.6) is 0 Å². The quantitative estimate of drug-likeness (QED) is 0.800. The first kappa shape index (κ1) is 10.9. The van der Waals surface area contributed by atoms with Crippen molar-refractivity contribution in [2.24, 2.45) is 0 Å². The number of halogens is 1. The summed E-state index contributed by atoms with van der Waals surface area (Å²) >= 11 is 5.81. The van der Waals surface area contributed by atoms with Crippen molar-refractivity contribution in [3.63, 3.8) is 0 Å². The smallest absolute Gasteiger partial charge is 0.258 e. The minimum atomic E-state index is -0.0748. The molecule has 82 valence electrons. The zero-order chi connectivity index (χ0) is 11.5. The molecule has 4 heteroatoms. The highest BCUT2D eigenvalue weighted by Gasteiger charge is 2.05. The number of rotatable bonds is 2. The van der Waals surface area contributed by atoms with E-state index in [1.165, 1.54) is 12.3 Å². The van der Waals surface area contributed by atoms with Gasteiger partial charge in [-0.2, -0.15) is 0 Å². The third-order valence-corrected chi connectivity index (χ3v) is 2.57. The van der Waals surface area contributed by atoms with Gasteiger partial charge in [0.2, 0.25) is 0 Å². The van der Waals surface area contributed by atoms with Crippen LogP contribution in [0.2, 0.25) is 5.02 Å². The molecule has 0 unspecified atom stereocenters. The lowest BCUT2D eigenvalue weighted by atomic mass is 10.3. The summed E-state index contributed by atoms with van der Waals surface area (Å²) in [4.78, 5) is 16.0. The maximum Gasteiger partial charge on any atom is 0.258 e. The van der Waals surface area contributed by atoms with Crippen molar-refractivity contribution in [1.82, 2.24) is 9.55 Å². The summed E-state index contributed by atoms with van der Waals surface area (Å²) in [6, 6.07) is 8.59. The first-order valence-electron chi connectivity index (χ1n) is 5.05. The van der Waals surface area contributed by atoms with Crippen molar-refractivity contribution in [2.75, 3.05) is 0 Å². The Morgan fingerprint density at radius 1 is 1.25 bits per heavy atom. The monoisotopic (exact) mass is 234 g/mol. The molecule has 1 aromatic heterocycles. The zero-order valence-electron chi connectivity index (χ0n) is 8.85. The van der Waals surface area contributed by atoms with Gasteiger partial charge < -0.3 is 0 Å². The molecule has 0 aliphatic rings. The van der Waals surface area contributed by atoms with Crippen LogP contribution in [0.3, 0.4) is 0 Å². The molecule has 1 heterocycles. The van der Waals surface area contributed by atoms with E-state index in [1.54, 1.807) is 16.7 Å². The van der Waals surface area contributed by atoms with E-state index in [0.29, 0.717) is 11.4 Å². The summed E-state index contributed by atoms with van der Waals surface area (Å²) in [6.07, 6.45) is 2.24. The van der Waals surface area contributed by atoms with Crippen LogP contribution in [-0.4, -0.2) is 9.55 Å². The van der Waals surface area contributed by atoms with Gasteiger partial charge in [-0.15, -0.1) is 0 Å². The van der Waals surface area contributed by atoms with Crippen LogP contribution in [0, 0.1) is 0 Å². The molecule has 0 N–H and O–H groups in total. The Morgan fingerprint density at radius 3 is 2.56 bits per heavy atom. The van der Waals surface area contributed by atoms with Gasteiger partial charge in [0.15, 0.2) is 0 Å². The van der Waals surface area contributed by atoms with Gasteiger partial charge in [0.1, 0.15) is 5.82 Å². The summed E-state index contributed by atoms with van der Waals surface area (Å²) in [6.45, 7) is 1.97. The lowest BCUT2D eigenvalue weighted by Gasteiger charge is -2.09. The summed E-state index contributed by atoms with van der Waals surface area (Å²) in [5, 5.41) is 0.652. The molecule has 1 aromatic carbocycles. The van der Waals surface area contributed by atoms with Gasteiger partial charge in [0, 0.05) is 23.7 Å². The van der Waals surface area contributed by atoms with Gasteiger partial charge in [0.05, 0.1) is 5.69 Å². The zero-order valence-corrected chi connectivity index (χ0v) is 9.61.